The predicted molar refractivity (Wildman–Crippen MR) is 103 cm³/mol. The molecule has 0 unspecified atom stereocenters. The lowest BCUT2D eigenvalue weighted by molar-refractivity contribution is 0.137. The normalized spacial score (nSPS) is 18.2. The summed E-state index contributed by atoms with van der Waals surface area (Å²) in [6.45, 7) is 3.92. The average Bonchev–Trinajstić information content (AvgIpc) is 3.08. The Kier molecular flexibility index (Phi) is 4.68. The largest absolute Gasteiger partial charge is 0.346 e. The fourth-order valence-corrected chi connectivity index (χ4v) is 4.12. The monoisotopic (exact) mass is 355 g/mol. The van der Waals surface area contributed by atoms with E-state index < -0.39 is 0 Å². The lowest BCUT2D eigenvalue weighted by atomic mass is 10.1. The van der Waals surface area contributed by atoms with Gasteiger partial charge >= 0.3 is 0 Å². The van der Waals surface area contributed by atoms with Crippen molar-refractivity contribution in [3.8, 4) is 0 Å². The summed E-state index contributed by atoms with van der Waals surface area (Å²) in [5, 5.41) is 3.93. The summed E-state index contributed by atoms with van der Waals surface area (Å²) >= 11 is 5.52. The first-order valence-electron chi connectivity index (χ1n) is 8.81. The second-order valence-corrected chi connectivity index (χ2v) is 7.18. The first-order chi connectivity index (χ1) is 12.2. The van der Waals surface area contributed by atoms with Gasteiger partial charge in [-0.05, 0) is 60.5 Å². The van der Waals surface area contributed by atoms with E-state index in [0.717, 1.165) is 49.8 Å². The molecule has 2 aromatic carbocycles. The van der Waals surface area contributed by atoms with Crippen molar-refractivity contribution in [3.63, 3.8) is 0 Å². The topological polar surface area (TPSA) is 18.5 Å². The molecule has 3 nitrogen and oxygen atoms in total. The number of fused-ring (bicyclic) bond motifs is 1. The van der Waals surface area contributed by atoms with Crippen LogP contribution in [0.1, 0.15) is 11.1 Å². The van der Waals surface area contributed by atoms with Crippen LogP contribution in [0.25, 0.3) is 0 Å². The molecule has 1 fully saturated rings. The molecule has 4 rings (SSSR count). The van der Waals surface area contributed by atoms with E-state index in [0.29, 0.717) is 6.04 Å². The highest BCUT2D eigenvalue weighted by Gasteiger charge is 2.29. The zero-order valence-corrected chi connectivity index (χ0v) is 14.9. The van der Waals surface area contributed by atoms with Crippen molar-refractivity contribution < 1.29 is 4.39 Å². The number of halogens is 1. The van der Waals surface area contributed by atoms with Gasteiger partial charge in [0.1, 0.15) is 5.82 Å². The van der Waals surface area contributed by atoms with Gasteiger partial charge in [-0.3, -0.25) is 4.90 Å². The highest BCUT2D eigenvalue weighted by molar-refractivity contribution is 7.80. The Balaban J connectivity index is 1.30. The van der Waals surface area contributed by atoms with E-state index in [2.05, 4.69) is 39.4 Å². The van der Waals surface area contributed by atoms with E-state index in [-0.39, 0.29) is 5.82 Å². The number of benzene rings is 2. The summed E-state index contributed by atoms with van der Waals surface area (Å²) in [5.41, 5.74) is 3.84. The number of hydrogen-bond acceptors (Lipinski definition) is 2. The van der Waals surface area contributed by atoms with Gasteiger partial charge in [-0.2, -0.15) is 0 Å². The van der Waals surface area contributed by atoms with Gasteiger partial charge in [0.15, 0.2) is 5.11 Å². The van der Waals surface area contributed by atoms with Crippen LogP contribution in [0.5, 0.6) is 0 Å². The van der Waals surface area contributed by atoms with Crippen molar-refractivity contribution >= 4 is 23.0 Å². The maximum Gasteiger partial charge on any atom is 0.173 e. The molecule has 1 aliphatic heterocycles. The number of nitrogens with one attached hydrogen (secondary N) is 1. The number of nitrogens with zero attached hydrogens (tertiary/aromatic N) is 2. The molecule has 0 bridgehead atoms. The van der Waals surface area contributed by atoms with Crippen molar-refractivity contribution in [2.45, 2.75) is 18.9 Å². The fourth-order valence-electron chi connectivity index (χ4n) is 3.82. The molecule has 130 valence electrons. The van der Waals surface area contributed by atoms with Crippen LogP contribution in [0, 0.1) is 5.82 Å². The molecule has 0 radical (unpaired) electrons. The van der Waals surface area contributed by atoms with Crippen LogP contribution in [-0.2, 0) is 12.8 Å². The minimum atomic E-state index is -0.234. The van der Waals surface area contributed by atoms with Crippen LogP contribution < -0.4 is 5.32 Å². The summed E-state index contributed by atoms with van der Waals surface area (Å²) in [5.74, 6) is -0.234. The van der Waals surface area contributed by atoms with E-state index >= 15 is 0 Å². The zero-order chi connectivity index (χ0) is 17.2. The van der Waals surface area contributed by atoms with E-state index in [1.54, 1.807) is 12.1 Å². The molecule has 0 spiro atoms. The number of rotatable bonds is 2. The molecule has 5 heteroatoms. The van der Waals surface area contributed by atoms with Crippen molar-refractivity contribution in [1.29, 1.82) is 0 Å². The fraction of sp³-hybridized carbons (Fsp3) is 0.350. The van der Waals surface area contributed by atoms with E-state index in [1.165, 1.54) is 23.3 Å². The maximum absolute atomic E-state index is 13.0. The maximum atomic E-state index is 13.0. The van der Waals surface area contributed by atoms with Crippen molar-refractivity contribution in [3.05, 3.63) is 65.5 Å². The third-order valence-corrected chi connectivity index (χ3v) is 5.60. The number of hydrogen-bond donors (Lipinski definition) is 1. The van der Waals surface area contributed by atoms with Gasteiger partial charge in [0.2, 0.25) is 0 Å². The highest BCUT2D eigenvalue weighted by Crippen LogP contribution is 2.26. The molecule has 0 atom stereocenters. The minimum Gasteiger partial charge on any atom is -0.346 e. The molecular weight excluding hydrogens is 333 g/mol. The third kappa shape index (κ3) is 3.67. The molecule has 1 saturated heterocycles. The van der Waals surface area contributed by atoms with Crippen LogP contribution in [0.2, 0.25) is 0 Å². The highest BCUT2D eigenvalue weighted by atomic mass is 32.1. The summed E-state index contributed by atoms with van der Waals surface area (Å²) in [4.78, 5) is 4.80. The smallest absolute Gasteiger partial charge is 0.173 e. The van der Waals surface area contributed by atoms with Gasteiger partial charge in [0, 0.05) is 37.9 Å². The summed E-state index contributed by atoms with van der Waals surface area (Å²) in [6.07, 6.45) is 2.32. The third-order valence-electron chi connectivity index (χ3n) is 5.24. The molecule has 1 N–H and O–H groups in total. The standard InChI is InChI=1S/C20H22FN3S/c21-17-5-7-18(8-6-17)22-20(25)24-11-9-23(10-12-24)19-13-15-3-1-2-4-16(15)14-19/h1-8,19H,9-14H2,(H,22,25). The van der Waals surface area contributed by atoms with E-state index in [1.807, 2.05) is 0 Å². The van der Waals surface area contributed by atoms with Crippen LogP contribution in [0.4, 0.5) is 10.1 Å². The lowest BCUT2D eigenvalue weighted by Gasteiger charge is -2.39. The second kappa shape index (κ2) is 7.10. The second-order valence-electron chi connectivity index (χ2n) is 6.79. The molecule has 1 aliphatic carbocycles. The average molecular weight is 355 g/mol. The molecular formula is C20H22FN3S. The zero-order valence-electron chi connectivity index (χ0n) is 14.1. The Hall–Kier alpha value is -1.98. The van der Waals surface area contributed by atoms with Crippen molar-refractivity contribution in [1.82, 2.24) is 9.80 Å². The molecule has 1 heterocycles. The molecule has 0 saturated carbocycles. The van der Waals surface area contributed by atoms with Crippen molar-refractivity contribution in [2.24, 2.45) is 0 Å². The number of anilines is 1. The molecule has 0 amide bonds. The summed E-state index contributed by atoms with van der Waals surface area (Å²) < 4.78 is 13.0. The van der Waals surface area contributed by atoms with E-state index in [9.17, 15) is 4.39 Å². The van der Waals surface area contributed by atoms with Crippen molar-refractivity contribution in [2.75, 3.05) is 31.5 Å². The molecule has 2 aromatic rings. The van der Waals surface area contributed by atoms with Crippen LogP contribution in [-0.4, -0.2) is 47.1 Å². The first kappa shape index (κ1) is 16.5. The predicted octanol–water partition coefficient (Wildman–Crippen LogP) is 3.31. The first-order valence-corrected chi connectivity index (χ1v) is 9.22. The quantitative estimate of drug-likeness (QED) is 0.833. The van der Waals surface area contributed by atoms with Gasteiger partial charge in [0.25, 0.3) is 0 Å². The Labute approximate surface area is 153 Å². The van der Waals surface area contributed by atoms with Gasteiger partial charge in [0.05, 0.1) is 0 Å². The minimum absolute atomic E-state index is 0.234. The Morgan fingerprint density at radius 2 is 1.52 bits per heavy atom. The molecule has 25 heavy (non-hydrogen) atoms. The molecule has 0 aromatic heterocycles. The van der Waals surface area contributed by atoms with Crippen LogP contribution >= 0.6 is 12.2 Å². The summed E-state index contributed by atoms with van der Waals surface area (Å²) in [6, 6.07) is 15.7. The molecule has 2 aliphatic rings. The van der Waals surface area contributed by atoms with Gasteiger partial charge in [-0.1, -0.05) is 24.3 Å². The number of thiocarbonyl (C=S) groups is 1. The number of piperazine rings is 1. The van der Waals surface area contributed by atoms with Gasteiger partial charge in [-0.25, -0.2) is 4.39 Å². The van der Waals surface area contributed by atoms with Crippen LogP contribution in [0.15, 0.2) is 48.5 Å². The van der Waals surface area contributed by atoms with Gasteiger partial charge in [-0.15, -0.1) is 0 Å². The Bertz CT molecular complexity index is 729. The Morgan fingerprint density at radius 3 is 2.12 bits per heavy atom. The summed E-state index contributed by atoms with van der Waals surface area (Å²) in [7, 11) is 0. The van der Waals surface area contributed by atoms with E-state index in [4.69, 9.17) is 12.2 Å². The van der Waals surface area contributed by atoms with Crippen LogP contribution in [0.3, 0.4) is 0 Å². The Morgan fingerprint density at radius 1 is 0.920 bits per heavy atom. The SMILES string of the molecule is Fc1ccc(NC(=S)N2CCN(C3Cc4ccccc4C3)CC2)cc1. The van der Waals surface area contributed by atoms with Gasteiger partial charge < -0.3 is 10.2 Å². The lowest BCUT2D eigenvalue weighted by Crippen LogP contribution is -2.53.